The predicted octanol–water partition coefficient (Wildman–Crippen LogP) is 12.1. The molecule has 1 aromatic heterocycles. The van der Waals surface area contributed by atoms with Gasteiger partial charge in [-0.05, 0) is 85.6 Å². The van der Waals surface area contributed by atoms with Gasteiger partial charge in [-0.15, -0.1) is 0 Å². The fourth-order valence-electron chi connectivity index (χ4n) is 8.28. The zero-order chi connectivity index (χ0) is 33.7. The monoisotopic (exact) mass is 650 g/mol. The second kappa shape index (κ2) is 12.1. The Bertz CT molecular complexity index is 2670. The first-order chi connectivity index (χ1) is 25.3. The second-order valence-corrected chi connectivity index (χ2v) is 13.5. The fraction of sp³-hybridized carbons (Fsp3) is 0.0408. The van der Waals surface area contributed by atoms with Gasteiger partial charge in [0.2, 0.25) is 0 Å². The van der Waals surface area contributed by atoms with E-state index >= 15 is 0 Å². The normalized spacial score (nSPS) is 16.6. The van der Waals surface area contributed by atoms with E-state index in [-0.39, 0.29) is 11.8 Å². The number of rotatable bonds is 5. The van der Waals surface area contributed by atoms with Gasteiger partial charge in [-0.1, -0.05) is 164 Å². The highest BCUT2D eigenvalue weighted by Gasteiger charge is 2.36. The summed E-state index contributed by atoms with van der Waals surface area (Å²) >= 11 is 0. The molecule has 8 aromatic rings. The molecule has 7 aromatic carbocycles. The van der Waals surface area contributed by atoms with E-state index in [9.17, 15) is 0 Å². The molecule has 0 bridgehead atoms. The van der Waals surface area contributed by atoms with E-state index in [1.54, 1.807) is 0 Å². The topological polar surface area (TPSA) is 17.8 Å². The van der Waals surface area contributed by atoms with E-state index in [1.165, 1.54) is 55.3 Å². The molecular weight excluding hydrogens is 617 g/mol. The lowest BCUT2D eigenvalue weighted by atomic mass is 9.65. The number of para-hydroxylation sites is 2. The molecule has 2 nitrogen and oxygen atoms in total. The zero-order valence-electron chi connectivity index (χ0n) is 28.0. The van der Waals surface area contributed by atoms with Crippen molar-refractivity contribution in [3.8, 4) is 17.1 Å². The van der Waals surface area contributed by atoms with Crippen LogP contribution in [0.1, 0.15) is 33.7 Å². The molecule has 10 rings (SSSR count). The first-order valence-electron chi connectivity index (χ1n) is 17.7. The minimum Gasteiger partial charge on any atom is -0.292 e. The molecule has 2 atom stereocenters. The maximum absolute atomic E-state index is 5.06. The Kier molecular flexibility index (Phi) is 6.99. The lowest BCUT2D eigenvalue weighted by Gasteiger charge is -2.37. The average Bonchev–Trinajstić information content (AvgIpc) is 3.60. The van der Waals surface area contributed by atoms with Crippen LogP contribution in [-0.4, -0.2) is 9.55 Å². The molecule has 2 aliphatic carbocycles. The van der Waals surface area contributed by atoms with E-state index in [0.29, 0.717) is 0 Å². The first-order valence-corrected chi connectivity index (χ1v) is 17.7. The van der Waals surface area contributed by atoms with Crippen LogP contribution in [0.25, 0.3) is 50.0 Å². The first kappa shape index (κ1) is 29.4. The molecule has 240 valence electrons. The van der Waals surface area contributed by atoms with Gasteiger partial charge in [-0.2, -0.15) is 0 Å². The number of nitrogens with zero attached hydrogens (tertiary/aromatic N) is 2. The second-order valence-electron chi connectivity index (χ2n) is 13.5. The van der Waals surface area contributed by atoms with Crippen LogP contribution >= 0.6 is 0 Å². The Morgan fingerprint density at radius 1 is 0.510 bits per heavy atom. The maximum atomic E-state index is 5.06. The molecule has 0 aliphatic heterocycles. The molecule has 1 heterocycles. The molecule has 0 saturated heterocycles. The Hall–Kier alpha value is -6.51. The van der Waals surface area contributed by atoms with E-state index < -0.39 is 0 Å². The van der Waals surface area contributed by atoms with E-state index in [4.69, 9.17) is 4.98 Å². The van der Waals surface area contributed by atoms with Crippen LogP contribution in [0.3, 0.4) is 0 Å². The highest BCUT2D eigenvalue weighted by molar-refractivity contribution is 5.95. The van der Waals surface area contributed by atoms with Gasteiger partial charge in [0.05, 0.1) is 11.0 Å². The van der Waals surface area contributed by atoms with Crippen LogP contribution in [0.2, 0.25) is 0 Å². The molecule has 0 saturated carbocycles. The molecule has 0 spiro atoms. The van der Waals surface area contributed by atoms with Gasteiger partial charge >= 0.3 is 0 Å². The smallest absolute Gasteiger partial charge is 0.145 e. The summed E-state index contributed by atoms with van der Waals surface area (Å²) in [6, 6.07) is 63.5. The van der Waals surface area contributed by atoms with Gasteiger partial charge < -0.3 is 0 Å². The molecule has 2 aliphatic rings. The summed E-state index contributed by atoms with van der Waals surface area (Å²) in [5, 5.41) is 2.53. The van der Waals surface area contributed by atoms with Gasteiger partial charge in [0.1, 0.15) is 5.82 Å². The lowest BCUT2D eigenvalue weighted by molar-refractivity contribution is 0.650. The number of imidazole rings is 1. The summed E-state index contributed by atoms with van der Waals surface area (Å²) < 4.78 is 2.28. The summed E-state index contributed by atoms with van der Waals surface area (Å²) in [6.45, 7) is 0. The van der Waals surface area contributed by atoms with Crippen molar-refractivity contribution in [1.29, 1.82) is 0 Å². The zero-order valence-corrected chi connectivity index (χ0v) is 28.0. The third-order valence-corrected chi connectivity index (χ3v) is 10.6. The molecule has 0 radical (unpaired) electrons. The minimum absolute atomic E-state index is 0.172. The summed E-state index contributed by atoms with van der Waals surface area (Å²) in [5.41, 5.74) is 14.7. The van der Waals surface area contributed by atoms with Crippen LogP contribution in [0, 0.1) is 5.92 Å². The summed E-state index contributed by atoms with van der Waals surface area (Å²) in [5.74, 6) is 1.32. The van der Waals surface area contributed by atoms with Crippen molar-refractivity contribution >= 4 is 33.0 Å². The Balaban J connectivity index is 1.11. The molecule has 0 N–H and O–H groups in total. The van der Waals surface area contributed by atoms with Crippen LogP contribution < -0.4 is 0 Å². The molecular formula is C49H34N2. The number of hydrogen-bond donors (Lipinski definition) is 0. The number of allylic oxidation sites excluding steroid dienone is 5. The fourth-order valence-corrected chi connectivity index (χ4v) is 8.28. The van der Waals surface area contributed by atoms with Gasteiger partial charge in [0.15, 0.2) is 0 Å². The number of benzene rings is 7. The minimum atomic E-state index is 0.172. The van der Waals surface area contributed by atoms with Gasteiger partial charge in [0.25, 0.3) is 0 Å². The Labute approximate surface area is 298 Å². The SMILES string of the molecule is C1=CC2=C(c3ccc4ccccc4c3)c3ccccc3C(c3ccccc3)C2C=C1c1ccc(-n2c(-c3ccccc3)nc3ccccc32)cc1. The predicted molar refractivity (Wildman–Crippen MR) is 212 cm³/mol. The lowest BCUT2D eigenvalue weighted by Crippen LogP contribution is -2.23. The highest BCUT2D eigenvalue weighted by atomic mass is 15.1. The van der Waals surface area contributed by atoms with Crippen LogP contribution in [0.15, 0.2) is 200 Å². The van der Waals surface area contributed by atoms with Crippen molar-refractivity contribution < 1.29 is 0 Å². The molecule has 2 heteroatoms. The number of hydrogen-bond acceptors (Lipinski definition) is 1. The molecule has 2 unspecified atom stereocenters. The summed E-state index contributed by atoms with van der Waals surface area (Å²) in [6.07, 6.45) is 7.22. The molecule has 51 heavy (non-hydrogen) atoms. The van der Waals surface area contributed by atoms with Crippen LogP contribution in [0.5, 0.6) is 0 Å². The van der Waals surface area contributed by atoms with Gasteiger partial charge in [0, 0.05) is 23.1 Å². The summed E-state index contributed by atoms with van der Waals surface area (Å²) in [7, 11) is 0. The van der Waals surface area contributed by atoms with E-state index in [2.05, 4.69) is 199 Å². The Morgan fingerprint density at radius 2 is 1.20 bits per heavy atom. The van der Waals surface area contributed by atoms with Crippen LogP contribution in [0.4, 0.5) is 0 Å². The largest absolute Gasteiger partial charge is 0.292 e. The van der Waals surface area contributed by atoms with Crippen molar-refractivity contribution in [2.24, 2.45) is 5.92 Å². The third kappa shape index (κ3) is 4.99. The van der Waals surface area contributed by atoms with Crippen LogP contribution in [-0.2, 0) is 0 Å². The van der Waals surface area contributed by atoms with Crippen molar-refractivity contribution in [2.75, 3.05) is 0 Å². The van der Waals surface area contributed by atoms with E-state index in [1.807, 2.05) is 0 Å². The van der Waals surface area contributed by atoms with Crippen molar-refractivity contribution in [3.63, 3.8) is 0 Å². The van der Waals surface area contributed by atoms with Gasteiger partial charge in [-0.3, -0.25) is 4.57 Å². The maximum Gasteiger partial charge on any atom is 0.145 e. The quantitative estimate of drug-likeness (QED) is 0.181. The van der Waals surface area contributed by atoms with Crippen molar-refractivity contribution in [3.05, 3.63) is 228 Å². The van der Waals surface area contributed by atoms with Crippen molar-refractivity contribution in [2.45, 2.75) is 5.92 Å². The number of aromatic nitrogens is 2. The van der Waals surface area contributed by atoms with E-state index in [0.717, 1.165) is 28.1 Å². The van der Waals surface area contributed by atoms with Crippen molar-refractivity contribution in [1.82, 2.24) is 9.55 Å². The Morgan fingerprint density at radius 3 is 2.04 bits per heavy atom. The third-order valence-electron chi connectivity index (χ3n) is 10.6. The number of fused-ring (bicyclic) bond motifs is 4. The van der Waals surface area contributed by atoms with Gasteiger partial charge in [-0.25, -0.2) is 4.98 Å². The molecule has 0 amide bonds. The average molecular weight is 651 g/mol. The highest BCUT2D eigenvalue weighted by Crippen LogP contribution is 2.51. The summed E-state index contributed by atoms with van der Waals surface area (Å²) in [4.78, 5) is 5.06. The standard InChI is InChI=1S/C49H34N2/c1-3-14-35(15-4-1)47-41-19-9-10-20-42(41)48(39-24-23-33-13-7-8-18-37(33)31-39)43-30-27-38(32-44(43)47)34-25-28-40(29-26-34)51-46-22-12-11-21-45(46)50-49(51)36-16-5-2-6-17-36/h1-32,44,47H. The molecule has 0 fully saturated rings.